The standard InChI is InChI=1S/C23H26ClNO6/c1-13(2)18-4-14-5-21(31-12-23(9-29-3)10-30-11-23)17(24)6-15(14)19-7-20(26)16(22(27)28)8-25(18)19/h5-8,13,18H,4,9-12H2,1-3H3,(H,27,28). The lowest BCUT2D eigenvalue weighted by Gasteiger charge is -2.40. The van der Waals surface area contributed by atoms with E-state index in [9.17, 15) is 14.7 Å². The molecule has 166 valence electrons. The van der Waals surface area contributed by atoms with Gasteiger partial charge in [-0.25, -0.2) is 4.79 Å². The number of carboxylic acid groups (broad SMARTS) is 1. The number of pyridine rings is 1. The molecule has 3 heterocycles. The first-order valence-electron chi connectivity index (χ1n) is 10.3. The number of aromatic carboxylic acids is 1. The van der Waals surface area contributed by atoms with E-state index in [0.717, 1.165) is 11.1 Å². The summed E-state index contributed by atoms with van der Waals surface area (Å²) in [5.41, 5.74) is 1.61. The number of rotatable bonds is 7. The molecule has 2 aromatic rings. The van der Waals surface area contributed by atoms with Gasteiger partial charge in [-0.05, 0) is 30.0 Å². The third-order valence-electron chi connectivity index (χ3n) is 6.10. The molecule has 4 rings (SSSR count). The third-order valence-corrected chi connectivity index (χ3v) is 6.40. The summed E-state index contributed by atoms with van der Waals surface area (Å²) in [6.07, 6.45) is 2.14. The van der Waals surface area contributed by atoms with Crippen molar-refractivity contribution < 1.29 is 24.1 Å². The van der Waals surface area contributed by atoms with Gasteiger partial charge >= 0.3 is 5.97 Å². The maximum absolute atomic E-state index is 12.4. The van der Waals surface area contributed by atoms with Gasteiger partial charge in [-0.2, -0.15) is 0 Å². The lowest BCUT2D eigenvalue weighted by Crippen LogP contribution is -2.50. The Morgan fingerprint density at radius 1 is 1.32 bits per heavy atom. The SMILES string of the molecule is COCC1(COc2cc3c(cc2Cl)-c2cc(=O)c(C(=O)O)cn2C(C(C)C)C3)COC1. The highest BCUT2D eigenvalue weighted by molar-refractivity contribution is 6.32. The van der Waals surface area contributed by atoms with Crippen LogP contribution in [0.1, 0.15) is 35.8 Å². The number of nitrogens with zero attached hydrogens (tertiary/aromatic N) is 1. The zero-order chi connectivity index (χ0) is 22.3. The van der Waals surface area contributed by atoms with Crippen LogP contribution >= 0.6 is 11.6 Å². The van der Waals surface area contributed by atoms with Crippen molar-refractivity contribution in [3.63, 3.8) is 0 Å². The van der Waals surface area contributed by atoms with E-state index in [1.54, 1.807) is 13.2 Å². The summed E-state index contributed by atoms with van der Waals surface area (Å²) in [7, 11) is 1.66. The average Bonchev–Trinajstić information content (AvgIpc) is 2.68. The molecular weight excluding hydrogens is 422 g/mol. The van der Waals surface area contributed by atoms with Crippen molar-refractivity contribution in [2.75, 3.05) is 33.5 Å². The Morgan fingerprint density at radius 2 is 2.06 bits per heavy atom. The topological polar surface area (TPSA) is 87.0 Å². The van der Waals surface area contributed by atoms with E-state index >= 15 is 0 Å². The number of carboxylic acids is 1. The second-order valence-corrected chi connectivity index (χ2v) is 9.23. The van der Waals surface area contributed by atoms with Crippen LogP contribution < -0.4 is 10.2 Å². The highest BCUT2D eigenvalue weighted by Crippen LogP contribution is 2.42. The fourth-order valence-electron chi connectivity index (χ4n) is 4.33. The molecule has 0 spiro atoms. The predicted molar refractivity (Wildman–Crippen MR) is 116 cm³/mol. The maximum atomic E-state index is 12.4. The van der Waals surface area contributed by atoms with Crippen molar-refractivity contribution in [1.82, 2.24) is 4.57 Å². The van der Waals surface area contributed by atoms with Crippen molar-refractivity contribution in [1.29, 1.82) is 0 Å². The van der Waals surface area contributed by atoms with Gasteiger partial charge in [-0.3, -0.25) is 4.79 Å². The second kappa shape index (κ2) is 8.30. The molecule has 0 radical (unpaired) electrons. The molecule has 1 N–H and O–H groups in total. The Hall–Kier alpha value is -2.35. The normalized spacial score (nSPS) is 18.8. The molecule has 1 saturated heterocycles. The van der Waals surface area contributed by atoms with Crippen molar-refractivity contribution in [2.24, 2.45) is 11.3 Å². The Kier molecular flexibility index (Phi) is 5.85. The maximum Gasteiger partial charge on any atom is 0.341 e. The van der Waals surface area contributed by atoms with Crippen molar-refractivity contribution >= 4 is 17.6 Å². The second-order valence-electron chi connectivity index (χ2n) is 8.82. The number of fused-ring (bicyclic) bond motifs is 3. The summed E-state index contributed by atoms with van der Waals surface area (Å²) in [5.74, 6) is -0.406. The Morgan fingerprint density at radius 3 is 2.65 bits per heavy atom. The monoisotopic (exact) mass is 447 g/mol. The smallest absolute Gasteiger partial charge is 0.341 e. The molecule has 2 aliphatic rings. The van der Waals surface area contributed by atoms with E-state index in [1.807, 2.05) is 10.6 Å². The number of benzene rings is 1. The number of hydrogen-bond donors (Lipinski definition) is 1. The fourth-order valence-corrected chi connectivity index (χ4v) is 4.55. The van der Waals surface area contributed by atoms with Gasteiger partial charge in [-0.1, -0.05) is 25.4 Å². The molecule has 1 unspecified atom stereocenters. The summed E-state index contributed by atoms with van der Waals surface area (Å²) in [4.78, 5) is 23.9. The first-order valence-corrected chi connectivity index (χ1v) is 10.6. The van der Waals surface area contributed by atoms with Gasteiger partial charge in [0.2, 0.25) is 0 Å². The molecule has 7 nitrogen and oxygen atoms in total. The summed E-state index contributed by atoms with van der Waals surface area (Å²) in [5, 5.41) is 9.83. The van der Waals surface area contributed by atoms with Crippen molar-refractivity contribution in [3.8, 4) is 17.0 Å². The molecule has 1 aromatic carbocycles. The minimum absolute atomic E-state index is 0.00934. The molecule has 0 saturated carbocycles. The third kappa shape index (κ3) is 3.97. The molecule has 1 atom stereocenters. The number of methoxy groups -OCH3 is 1. The summed E-state index contributed by atoms with van der Waals surface area (Å²) in [6.45, 7) is 6.31. The summed E-state index contributed by atoms with van der Waals surface area (Å²) < 4.78 is 18.6. The van der Waals surface area contributed by atoms with Gasteiger partial charge in [-0.15, -0.1) is 0 Å². The zero-order valence-electron chi connectivity index (χ0n) is 17.8. The van der Waals surface area contributed by atoms with E-state index in [1.165, 1.54) is 12.3 Å². The van der Waals surface area contributed by atoms with E-state index in [-0.39, 0.29) is 22.9 Å². The summed E-state index contributed by atoms with van der Waals surface area (Å²) in [6, 6.07) is 5.14. The number of ether oxygens (including phenoxy) is 3. The molecule has 2 aliphatic heterocycles. The highest BCUT2D eigenvalue weighted by Gasteiger charge is 2.40. The van der Waals surface area contributed by atoms with Crippen LogP contribution in [0.25, 0.3) is 11.3 Å². The van der Waals surface area contributed by atoms with Crippen LogP contribution in [-0.2, 0) is 15.9 Å². The van der Waals surface area contributed by atoms with Crippen molar-refractivity contribution in [3.05, 3.63) is 50.8 Å². The van der Waals surface area contributed by atoms with Crippen LogP contribution in [-0.4, -0.2) is 49.2 Å². The lowest BCUT2D eigenvalue weighted by molar-refractivity contribution is -0.159. The minimum atomic E-state index is -1.22. The number of halogens is 1. The number of hydrogen-bond acceptors (Lipinski definition) is 5. The van der Waals surface area contributed by atoms with Crippen LogP contribution in [0.3, 0.4) is 0 Å². The molecule has 1 aromatic heterocycles. The average molecular weight is 448 g/mol. The molecule has 8 heteroatoms. The van der Waals surface area contributed by atoms with Gasteiger partial charge in [0.25, 0.3) is 0 Å². The lowest BCUT2D eigenvalue weighted by atomic mass is 9.87. The van der Waals surface area contributed by atoms with Crippen LogP contribution in [0.5, 0.6) is 5.75 Å². The fraction of sp³-hybridized carbons (Fsp3) is 0.478. The van der Waals surface area contributed by atoms with Crippen LogP contribution in [0.2, 0.25) is 5.02 Å². The summed E-state index contributed by atoms with van der Waals surface area (Å²) >= 11 is 6.55. The van der Waals surface area contributed by atoms with Crippen LogP contribution in [0.4, 0.5) is 0 Å². The van der Waals surface area contributed by atoms with Gasteiger partial charge in [0.1, 0.15) is 17.9 Å². The van der Waals surface area contributed by atoms with Gasteiger partial charge in [0, 0.05) is 31.0 Å². The van der Waals surface area contributed by atoms with Crippen LogP contribution in [0.15, 0.2) is 29.2 Å². The molecule has 1 fully saturated rings. The molecule has 0 amide bonds. The quantitative estimate of drug-likeness (QED) is 0.697. The Balaban J connectivity index is 1.73. The van der Waals surface area contributed by atoms with Crippen molar-refractivity contribution in [2.45, 2.75) is 26.3 Å². The number of aromatic nitrogens is 1. The van der Waals surface area contributed by atoms with E-state index < -0.39 is 11.4 Å². The predicted octanol–water partition coefficient (Wildman–Crippen LogP) is 3.66. The first kappa shape index (κ1) is 21.9. The molecule has 0 aliphatic carbocycles. The van der Waals surface area contributed by atoms with Crippen LogP contribution in [0, 0.1) is 11.3 Å². The molecule has 31 heavy (non-hydrogen) atoms. The largest absolute Gasteiger partial charge is 0.491 e. The van der Waals surface area contributed by atoms with E-state index in [0.29, 0.717) is 49.3 Å². The molecule has 0 bridgehead atoms. The van der Waals surface area contributed by atoms with Gasteiger partial charge < -0.3 is 23.9 Å². The number of carbonyl (C=O) groups is 1. The van der Waals surface area contributed by atoms with Gasteiger partial charge in [0.15, 0.2) is 5.43 Å². The van der Waals surface area contributed by atoms with E-state index in [2.05, 4.69) is 13.8 Å². The highest BCUT2D eigenvalue weighted by atomic mass is 35.5. The molecular formula is C23H26ClNO6. The van der Waals surface area contributed by atoms with Gasteiger partial charge in [0.05, 0.1) is 36.0 Å². The zero-order valence-corrected chi connectivity index (χ0v) is 18.6. The first-order chi connectivity index (χ1) is 14.7. The minimum Gasteiger partial charge on any atom is -0.491 e. The Labute approximate surface area is 185 Å². The van der Waals surface area contributed by atoms with E-state index in [4.69, 9.17) is 25.8 Å². The Bertz CT molecular complexity index is 1070.